The zero-order valence-corrected chi connectivity index (χ0v) is 20.5. The van der Waals surface area contributed by atoms with Crippen molar-refractivity contribution >= 4 is 5.91 Å². The Morgan fingerprint density at radius 3 is 2.66 bits per heavy atom. The van der Waals surface area contributed by atoms with Gasteiger partial charge >= 0.3 is 0 Å². The van der Waals surface area contributed by atoms with E-state index in [-0.39, 0.29) is 24.2 Å². The van der Waals surface area contributed by atoms with Crippen LogP contribution in [0.1, 0.15) is 48.7 Å². The lowest BCUT2D eigenvalue weighted by Crippen LogP contribution is -2.35. The van der Waals surface area contributed by atoms with Crippen molar-refractivity contribution in [3.8, 4) is 11.4 Å². The fourth-order valence-electron chi connectivity index (χ4n) is 5.03. The van der Waals surface area contributed by atoms with E-state index in [1.165, 1.54) is 23.4 Å². The van der Waals surface area contributed by atoms with E-state index in [2.05, 4.69) is 11.8 Å². The van der Waals surface area contributed by atoms with Crippen LogP contribution in [0, 0.1) is 5.82 Å². The van der Waals surface area contributed by atoms with Crippen LogP contribution in [0.3, 0.4) is 0 Å². The van der Waals surface area contributed by atoms with Crippen LogP contribution in [0.5, 0.6) is 5.75 Å². The Labute approximate surface area is 206 Å². The number of ether oxygens (including phenoxy) is 1. The predicted octanol–water partition coefficient (Wildman–Crippen LogP) is 4.52. The summed E-state index contributed by atoms with van der Waals surface area (Å²) in [6, 6.07) is 14.4. The minimum atomic E-state index is -0.287. The molecule has 35 heavy (non-hydrogen) atoms. The van der Waals surface area contributed by atoms with Crippen LogP contribution in [0.15, 0.2) is 48.5 Å². The molecular formula is C28H33FN4O2. The molecule has 0 atom stereocenters. The van der Waals surface area contributed by atoms with Crippen molar-refractivity contribution in [1.29, 1.82) is 0 Å². The Hall–Kier alpha value is -3.19. The molecule has 2 heterocycles. The minimum absolute atomic E-state index is 0.0703. The maximum atomic E-state index is 13.4. The average molecular weight is 477 g/mol. The number of methoxy groups -OCH3 is 1. The molecule has 1 saturated carbocycles. The van der Waals surface area contributed by atoms with Crippen LogP contribution in [-0.2, 0) is 30.7 Å². The largest absolute Gasteiger partial charge is 0.494 e. The normalized spacial score (nSPS) is 15.6. The fourth-order valence-corrected chi connectivity index (χ4v) is 5.03. The second-order valence-electron chi connectivity index (χ2n) is 9.54. The molecule has 2 aliphatic rings. The number of para-hydroxylation sites is 2. The number of nitrogens with zero attached hydrogens (tertiary/aromatic N) is 4. The number of aromatic nitrogens is 2. The van der Waals surface area contributed by atoms with Crippen LogP contribution in [0.2, 0.25) is 0 Å². The highest BCUT2D eigenvalue weighted by Crippen LogP contribution is 2.33. The molecule has 0 radical (unpaired) electrons. The topological polar surface area (TPSA) is 50.6 Å². The number of fused-ring (bicyclic) bond motifs is 1. The zero-order chi connectivity index (χ0) is 24.4. The van der Waals surface area contributed by atoms with E-state index in [0.29, 0.717) is 6.54 Å². The number of hydrogen-bond acceptors (Lipinski definition) is 4. The highest BCUT2D eigenvalue weighted by atomic mass is 19.1. The Morgan fingerprint density at radius 1 is 1.17 bits per heavy atom. The van der Waals surface area contributed by atoms with Crippen LogP contribution in [0.4, 0.5) is 4.39 Å². The summed E-state index contributed by atoms with van der Waals surface area (Å²) in [5, 5.41) is 5.08. The molecule has 184 valence electrons. The molecule has 0 N–H and O–H groups in total. The lowest BCUT2D eigenvalue weighted by Gasteiger charge is -2.28. The first kappa shape index (κ1) is 23.5. The number of amides is 1. The Bertz CT molecular complexity index is 1190. The molecule has 5 rings (SSSR count). The number of hydrogen-bond donors (Lipinski definition) is 0. The van der Waals surface area contributed by atoms with Crippen LogP contribution in [0.25, 0.3) is 5.69 Å². The summed E-state index contributed by atoms with van der Waals surface area (Å²) in [4.78, 5) is 17.8. The highest BCUT2D eigenvalue weighted by molar-refractivity contribution is 5.79. The fraction of sp³-hybridized carbons (Fsp3) is 0.429. The zero-order valence-electron chi connectivity index (χ0n) is 20.5. The molecule has 1 aliphatic heterocycles. The van der Waals surface area contributed by atoms with Gasteiger partial charge in [0.2, 0.25) is 5.91 Å². The smallest absolute Gasteiger partial charge is 0.227 e. The minimum Gasteiger partial charge on any atom is -0.494 e. The first-order valence-corrected chi connectivity index (χ1v) is 12.6. The van der Waals surface area contributed by atoms with Gasteiger partial charge in [0, 0.05) is 31.1 Å². The van der Waals surface area contributed by atoms with Gasteiger partial charge in [-0.05, 0) is 55.6 Å². The van der Waals surface area contributed by atoms with Crippen molar-refractivity contribution in [2.75, 3.05) is 20.2 Å². The third kappa shape index (κ3) is 5.10. The van der Waals surface area contributed by atoms with Gasteiger partial charge in [-0.15, -0.1) is 0 Å². The molecule has 3 aromatic rings. The van der Waals surface area contributed by atoms with E-state index >= 15 is 0 Å². The number of carbonyl (C=O) groups excluding carboxylic acids is 1. The van der Waals surface area contributed by atoms with Crippen LogP contribution < -0.4 is 4.74 Å². The first-order valence-electron chi connectivity index (χ1n) is 12.6. The van der Waals surface area contributed by atoms with E-state index in [9.17, 15) is 9.18 Å². The maximum absolute atomic E-state index is 13.4. The van der Waals surface area contributed by atoms with Gasteiger partial charge in [-0.25, -0.2) is 9.07 Å². The van der Waals surface area contributed by atoms with Crippen molar-refractivity contribution < 1.29 is 13.9 Å². The van der Waals surface area contributed by atoms with Crippen molar-refractivity contribution in [3.05, 3.63) is 76.9 Å². The Balaban J connectivity index is 1.47. The van der Waals surface area contributed by atoms with Crippen molar-refractivity contribution in [2.45, 2.75) is 58.2 Å². The monoisotopic (exact) mass is 476 g/mol. The Morgan fingerprint density at radius 2 is 1.94 bits per heavy atom. The molecule has 1 amide bonds. The summed E-state index contributed by atoms with van der Waals surface area (Å²) in [5.74, 6) is 0.568. The molecule has 1 aliphatic carbocycles. The number of benzene rings is 2. The molecule has 0 unspecified atom stereocenters. The summed E-state index contributed by atoms with van der Waals surface area (Å²) < 4.78 is 21.0. The molecule has 0 saturated heterocycles. The van der Waals surface area contributed by atoms with Gasteiger partial charge in [0.25, 0.3) is 0 Å². The van der Waals surface area contributed by atoms with Gasteiger partial charge in [-0.1, -0.05) is 31.2 Å². The molecule has 1 aromatic heterocycles. The van der Waals surface area contributed by atoms with Gasteiger partial charge in [-0.2, -0.15) is 5.10 Å². The standard InChI is InChI=1S/C28H33FN4O2/c1-3-15-31-16-14-25-23(18-31)24(30-33(25)26-6-4-5-7-27(26)35-2)19-32(22-12-13-22)28(34)17-20-8-10-21(29)11-9-20/h4-11,22H,3,12-19H2,1-2H3. The first-order chi connectivity index (χ1) is 17.1. The maximum Gasteiger partial charge on any atom is 0.227 e. The number of halogens is 1. The van der Waals surface area contributed by atoms with E-state index in [1.807, 2.05) is 33.8 Å². The average Bonchev–Trinajstić information content (AvgIpc) is 3.65. The molecular weight excluding hydrogens is 443 g/mol. The Kier molecular flexibility index (Phi) is 6.86. The molecule has 6 nitrogen and oxygen atoms in total. The van der Waals surface area contributed by atoms with Crippen LogP contribution >= 0.6 is 0 Å². The lowest BCUT2D eigenvalue weighted by molar-refractivity contribution is -0.131. The van der Waals surface area contributed by atoms with Gasteiger partial charge in [0.15, 0.2) is 0 Å². The number of rotatable bonds is 9. The molecule has 7 heteroatoms. The van der Waals surface area contributed by atoms with Gasteiger partial charge < -0.3 is 9.64 Å². The number of carbonyl (C=O) groups is 1. The molecule has 1 fully saturated rings. The van der Waals surface area contributed by atoms with E-state index in [4.69, 9.17) is 9.84 Å². The summed E-state index contributed by atoms with van der Waals surface area (Å²) in [6.45, 7) is 5.59. The molecule has 0 spiro atoms. The van der Waals surface area contributed by atoms with E-state index < -0.39 is 0 Å². The van der Waals surface area contributed by atoms with Gasteiger partial charge in [-0.3, -0.25) is 9.69 Å². The SMILES string of the molecule is CCCN1CCc2c(c(CN(C(=O)Cc3ccc(F)cc3)C3CC3)nn2-c2ccccc2OC)C1. The summed E-state index contributed by atoms with van der Waals surface area (Å²) in [5.41, 5.74) is 5.16. The quantitative estimate of drug-likeness (QED) is 0.456. The summed E-state index contributed by atoms with van der Waals surface area (Å²) >= 11 is 0. The molecule has 2 aromatic carbocycles. The van der Waals surface area contributed by atoms with Crippen molar-refractivity contribution in [3.63, 3.8) is 0 Å². The predicted molar refractivity (Wildman–Crippen MR) is 133 cm³/mol. The van der Waals surface area contributed by atoms with Crippen molar-refractivity contribution in [1.82, 2.24) is 19.6 Å². The van der Waals surface area contributed by atoms with Crippen LogP contribution in [-0.4, -0.2) is 51.7 Å². The van der Waals surface area contributed by atoms with E-state index in [1.54, 1.807) is 19.2 Å². The second-order valence-corrected chi connectivity index (χ2v) is 9.54. The van der Waals surface area contributed by atoms with Crippen molar-refractivity contribution in [2.24, 2.45) is 0 Å². The van der Waals surface area contributed by atoms with E-state index in [0.717, 1.165) is 68.0 Å². The van der Waals surface area contributed by atoms with Gasteiger partial charge in [0.05, 0.1) is 31.5 Å². The third-order valence-electron chi connectivity index (χ3n) is 6.97. The molecule has 0 bridgehead atoms. The third-order valence-corrected chi connectivity index (χ3v) is 6.97. The van der Waals surface area contributed by atoms with Gasteiger partial charge in [0.1, 0.15) is 17.3 Å². The lowest BCUT2D eigenvalue weighted by atomic mass is 10.0. The summed E-state index contributed by atoms with van der Waals surface area (Å²) in [6.07, 6.45) is 4.33. The second kappa shape index (κ2) is 10.2. The summed E-state index contributed by atoms with van der Waals surface area (Å²) in [7, 11) is 1.68. The highest BCUT2D eigenvalue weighted by Gasteiger charge is 2.35.